The van der Waals surface area contributed by atoms with E-state index in [9.17, 15) is 18.4 Å². The average molecular weight is 372 g/mol. The summed E-state index contributed by atoms with van der Waals surface area (Å²) >= 11 is 0. The van der Waals surface area contributed by atoms with E-state index in [1.165, 1.54) is 11.0 Å². The van der Waals surface area contributed by atoms with Crippen molar-refractivity contribution < 1.29 is 18.4 Å². The lowest BCUT2D eigenvalue weighted by atomic mass is 10.1. The molecule has 1 aliphatic heterocycles. The molecule has 1 aromatic carbocycles. The van der Waals surface area contributed by atoms with Gasteiger partial charge in [0, 0.05) is 30.4 Å². The summed E-state index contributed by atoms with van der Waals surface area (Å²) in [7, 11) is 0. The van der Waals surface area contributed by atoms with E-state index in [2.05, 4.69) is 15.3 Å². The fourth-order valence-electron chi connectivity index (χ4n) is 3.15. The van der Waals surface area contributed by atoms with Crippen LogP contribution < -0.4 is 5.32 Å². The van der Waals surface area contributed by atoms with Crippen LogP contribution in [0.3, 0.4) is 0 Å². The second-order valence-electron chi connectivity index (χ2n) is 6.87. The number of rotatable bonds is 4. The van der Waals surface area contributed by atoms with E-state index >= 15 is 0 Å². The van der Waals surface area contributed by atoms with E-state index in [4.69, 9.17) is 0 Å². The molecule has 1 fully saturated rings. The number of carbonyl (C=O) groups is 2. The smallest absolute Gasteiger partial charge is 0.257 e. The Bertz CT molecular complexity index is 915. The van der Waals surface area contributed by atoms with Crippen molar-refractivity contribution in [3.63, 3.8) is 0 Å². The Morgan fingerprint density at radius 2 is 2.07 bits per heavy atom. The third kappa shape index (κ3) is 3.79. The molecule has 27 heavy (non-hydrogen) atoms. The van der Waals surface area contributed by atoms with Crippen LogP contribution in [0.25, 0.3) is 0 Å². The number of nitrogens with zero attached hydrogens (tertiary/aromatic N) is 3. The predicted octanol–water partition coefficient (Wildman–Crippen LogP) is 2.66. The molecule has 1 N–H and O–H groups in total. The lowest BCUT2D eigenvalue weighted by Gasteiger charge is -2.20. The fourth-order valence-corrected chi connectivity index (χ4v) is 3.15. The molecular weight excluding hydrogens is 354 g/mol. The maximum Gasteiger partial charge on any atom is 0.257 e. The van der Waals surface area contributed by atoms with E-state index in [0.29, 0.717) is 30.9 Å². The number of halogens is 2. The van der Waals surface area contributed by atoms with Crippen molar-refractivity contribution >= 4 is 17.5 Å². The van der Waals surface area contributed by atoms with Crippen molar-refractivity contribution in [3.8, 4) is 0 Å². The molecular formula is C19H18F2N4O2. The maximum absolute atomic E-state index is 13.3. The van der Waals surface area contributed by atoms with E-state index in [1.807, 2.05) is 0 Å². The van der Waals surface area contributed by atoms with Gasteiger partial charge in [0.25, 0.3) is 5.91 Å². The molecule has 0 saturated heterocycles. The molecule has 1 aliphatic carbocycles. The van der Waals surface area contributed by atoms with E-state index < -0.39 is 17.5 Å². The van der Waals surface area contributed by atoms with Gasteiger partial charge in [-0.3, -0.25) is 9.59 Å². The van der Waals surface area contributed by atoms with Gasteiger partial charge < -0.3 is 10.2 Å². The number of aryl methyl sites for hydroxylation is 1. The second kappa shape index (κ2) is 7.02. The van der Waals surface area contributed by atoms with Crippen LogP contribution in [-0.4, -0.2) is 39.8 Å². The van der Waals surface area contributed by atoms with E-state index in [0.717, 1.165) is 36.5 Å². The molecule has 4 rings (SSSR count). The van der Waals surface area contributed by atoms with Gasteiger partial charge in [-0.15, -0.1) is 0 Å². The average Bonchev–Trinajstić information content (AvgIpc) is 3.48. The summed E-state index contributed by atoms with van der Waals surface area (Å²) in [5, 5.41) is 2.48. The topological polar surface area (TPSA) is 75.2 Å². The van der Waals surface area contributed by atoms with Crippen LogP contribution in [-0.2, 0) is 11.2 Å². The molecule has 2 amide bonds. The Balaban J connectivity index is 1.46. The van der Waals surface area contributed by atoms with Crippen molar-refractivity contribution in [1.29, 1.82) is 0 Å². The largest absolute Gasteiger partial charge is 0.329 e. The molecule has 0 radical (unpaired) electrons. The van der Waals surface area contributed by atoms with Crippen LogP contribution in [0.2, 0.25) is 0 Å². The summed E-state index contributed by atoms with van der Waals surface area (Å²) in [5.41, 5.74) is 1.30. The summed E-state index contributed by atoms with van der Waals surface area (Å²) in [6.07, 6.45) is 5.08. The SMILES string of the molecule is O=C(CN1CCCc2nc(C3CC3)ncc2C1=O)Nc1ccc(F)c(F)c1. The van der Waals surface area contributed by atoms with Crippen LogP contribution in [0.15, 0.2) is 24.4 Å². The first-order valence-corrected chi connectivity index (χ1v) is 8.91. The highest BCUT2D eigenvalue weighted by Crippen LogP contribution is 2.38. The van der Waals surface area contributed by atoms with Crippen LogP contribution in [0, 0.1) is 11.6 Å². The van der Waals surface area contributed by atoms with Crippen molar-refractivity contribution in [1.82, 2.24) is 14.9 Å². The van der Waals surface area contributed by atoms with Gasteiger partial charge in [-0.2, -0.15) is 0 Å². The van der Waals surface area contributed by atoms with Crippen molar-refractivity contribution in [3.05, 3.63) is 53.1 Å². The van der Waals surface area contributed by atoms with Crippen LogP contribution in [0.4, 0.5) is 14.5 Å². The first-order chi connectivity index (χ1) is 13.0. The van der Waals surface area contributed by atoms with E-state index in [1.54, 1.807) is 6.20 Å². The van der Waals surface area contributed by atoms with Crippen molar-refractivity contribution in [2.45, 2.75) is 31.6 Å². The summed E-state index contributed by atoms with van der Waals surface area (Å²) in [6, 6.07) is 3.11. The highest BCUT2D eigenvalue weighted by molar-refractivity contribution is 6.00. The maximum atomic E-state index is 13.3. The van der Waals surface area contributed by atoms with Crippen LogP contribution in [0.5, 0.6) is 0 Å². The fraction of sp³-hybridized carbons (Fsp3) is 0.368. The minimum Gasteiger partial charge on any atom is -0.329 e. The number of nitrogens with one attached hydrogen (secondary N) is 1. The predicted molar refractivity (Wildman–Crippen MR) is 93.2 cm³/mol. The minimum absolute atomic E-state index is 0.138. The standard InChI is InChI=1S/C19H18F2N4O2/c20-14-6-5-12(8-15(14)21)23-17(26)10-25-7-1-2-16-13(19(25)27)9-22-18(24-16)11-3-4-11/h5-6,8-9,11H,1-4,7,10H2,(H,23,26). The number of anilines is 1. The van der Waals surface area contributed by atoms with Crippen LogP contribution in [0.1, 0.15) is 47.1 Å². The van der Waals surface area contributed by atoms with Crippen molar-refractivity contribution in [2.24, 2.45) is 0 Å². The molecule has 8 heteroatoms. The monoisotopic (exact) mass is 372 g/mol. The molecule has 6 nitrogen and oxygen atoms in total. The highest BCUT2D eigenvalue weighted by Gasteiger charge is 2.30. The first kappa shape index (κ1) is 17.5. The number of fused-ring (bicyclic) bond motifs is 1. The summed E-state index contributed by atoms with van der Waals surface area (Å²) in [6.45, 7) is 0.237. The lowest BCUT2D eigenvalue weighted by Crippen LogP contribution is -2.38. The molecule has 0 atom stereocenters. The zero-order valence-corrected chi connectivity index (χ0v) is 14.5. The zero-order chi connectivity index (χ0) is 19.0. The summed E-state index contributed by atoms with van der Waals surface area (Å²) in [5.74, 6) is -1.59. The van der Waals surface area contributed by atoms with Gasteiger partial charge in [0.05, 0.1) is 11.3 Å². The third-order valence-corrected chi connectivity index (χ3v) is 4.73. The third-order valence-electron chi connectivity index (χ3n) is 4.73. The Hall–Kier alpha value is -2.90. The quantitative estimate of drug-likeness (QED) is 0.895. The van der Waals surface area contributed by atoms with Gasteiger partial charge in [-0.1, -0.05) is 0 Å². The number of amides is 2. The number of hydrogen-bond acceptors (Lipinski definition) is 4. The molecule has 1 saturated carbocycles. The first-order valence-electron chi connectivity index (χ1n) is 8.91. The molecule has 140 valence electrons. The number of aromatic nitrogens is 2. The lowest BCUT2D eigenvalue weighted by molar-refractivity contribution is -0.116. The summed E-state index contributed by atoms with van der Waals surface area (Å²) < 4.78 is 26.2. The molecule has 0 unspecified atom stereocenters. The Labute approximate surface area is 154 Å². The highest BCUT2D eigenvalue weighted by atomic mass is 19.2. The van der Waals surface area contributed by atoms with Crippen LogP contribution >= 0.6 is 0 Å². The number of hydrogen-bond donors (Lipinski definition) is 1. The molecule has 2 heterocycles. The van der Waals surface area contributed by atoms with Gasteiger partial charge in [0.1, 0.15) is 12.4 Å². The van der Waals surface area contributed by atoms with E-state index in [-0.39, 0.29) is 18.1 Å². The van der Waals surface area contributed by atoms with Gasteiger partial charge in [0.15, 0.2) is 11.6 Å². The number of carbonyl (C=O) groups excluding carboxylic acids is 2. The minimum atomic E-state index is -1.05. The molecule has 1 aromatic heterocycles. The molecule has 0 spiro atoms. The second-order valence-corrected chi connectivity index (χ2v) is 6.87. The van der Waals surface area contributed by atoms with Gasteiger partial charge in [-0.25, -0.2) is 18.7 Å². The Morgan fingerprint density at radius 1 is 1.26 bits per heavy atom. The van der Waals surface area contributed by atoms with Gasteiger partial charge in [0.2, 0.25) is 5.91 Å². The Kier molecular flexibility index (Phi) is 4.55. The molecule has 0 bridgehead atoms. The van der Waals surface area contributed by atoms with Gasteiger partial charge >= 0.3 is 0 Å². The Morgan fingerprint density at radius 3 is 2.81 bits per heavy atom. The number of benzene rings is 1. The van der Waals surface area contributed by atoms with Crippen molar-refractivity contribution in [2.75, 3.05) is 18.4 Å². The zero-order valence-electron chi connectivity index (χ0n) is 14.5. The molecule has 2 aliphatic rings. The normalized spacial score (nSPS) is 16.7. The summed E-state index contributed by atoms with van der Waals surface area (Å²) in [4.78, 5) is 35.3. The molecule has 2 aromatic rings. The van der Waals surface area contributed by atoms with Gasteiger partial charge in [-0.05, 0) is 37.8 Å².